The van der Waals surface area contributed by atoms with Crippen LogP contribution in [0.2, 0.25) is 5.02 Å². The third kappa shape index (κ3) is 3.12. The first-order chi connectivity index (χ1) is 9.49. The number of nitrogens with zero attached hydrogens (tertiary/aromatic N) is 2. The van der Waals surface area contributed by atoms with Crippen molar-refractivity contribution in [3.05, 3.63) is 57.2 Å². The van der Waals surface area contributed by atoms with Gasteiger partial charge in [0.25, 0.3) is 5.69 Å². The van der Waals surface area contributed by atoms with Gasteiger partial charge in [0.15, 0.2) is 0 Å². The zero-order valence-corrected chi connectivity index (χ0v) is 11.7. The molecule has 0 saturated carbocycles. The summed E-state index contributed by atoms with van der Waals surface area (Å²) in [5.41, 5.74) is 6.14. The molecule has 8 heteroatoms. The van der Waals surface area contributed by atoms with Gasteiger partial charge in [0.05, 0.1) is 27.2 Å². The summed E-state index contributed by atoms with van der Waals surface area (Å²) >= 11 is 5.73. The van der Waals surface area contributed by atoms with Gasteiger partial charge in [-0.25, -0.2) is 4.98 Å². The normalized spacial score (nSPS) is 12.1. The Balaban J connectivity index is 2.33. The van der Waals surface area contributed by atoms with Crippen molar-refractivity contribution in [1.82, 2.24) is 4.98 Å². The molecule has 104 valence electrons. The van der Waals surface area contributed by atoms with Crippen LogP contribution in [-0.2, 0) is 16.6 Å². The van der Waals surface area contributed by atoms with Crippen LogP contribution in [0.3, 0.4) is 0 Å². The SMILES string of the molecule is Nc1cccnc1S(=O)Cc1ccc(Cl)cc1[N+](=O)[O-]. The summed E-state index contributed by atoms with van der Waals surface area (Å²) in [6.45, 7) is 0. The van der Waals surface area contributed by atoms with Gasteiger partial charge in [-0.2, -0.15) is 0 Å². The van der Waals surface area contributed by atoms with Gasteiger partial charge in [0.2, 0.25) is 0 Å². The van der Waals surface area contributed by atoms with E-state index in [1.165, 1.54) is 24.4 Å². The largest absolute Gasteiger partial charge is 0.396 e. The van der Waals surface area contributed by atoms with Crippen molar-refractivity contribution in [2.24, 2.45) is 0 Å². The van der Waals surface area contributed by atoms with E-state index in [1.54, 1.807) is 12.1 Å². The van der Waals surface area contributed by atoms with Crippen molar-refractivity contribution in [1.29, 1.82) is 0 Å². The number of anilines is 1. The average molecular weight is 312 g/mol. The van der Waals surface area contributed by atoms with Crippen LogP contribution in [0.4, 0.5) is 11.4 Å². The van der Waals surface area contributed by atoms with Gasteiger partial charge in [0.1, 0.15) is 5.03 Å². The van der Waals surface area contributed by atoms with Crippen LogP contribution in [0.5, 0.6) is 0 Å². The minimum absolute atomic E-state index is 0.0469. The van der Waals surface area contributed by atoms with Crippen molar-refractivity contribution in [2.45, 2.75) is 10.8 Å². The highest BCUT2D eigenvalue weighted by molar-refractivity contribution is 7.84. The molecule has 20 heavy (non-hydrogen) atoms. The summed E-state index contributed by atoms with van der Waals surface area (Å²) in [6.07, 6.45) is 1.47. The third-order valence-electron chi connectivity index (χ3n) is 2.55. The van der Waals surface area contributed by atoms with E-state index in [0.29, 0.717) is 11.3 Å². The number of benzene rings is 1. The first-order valence-corrected chi connectivity index (χ1v) is 7.20. The molecule has 0 saturated heterocycles. The topological polar surface area (TPSA) is 99.1 Å². The van der Waals surface area contributed by atoms with E-state index >= 15 is 0 Å². The molecule has 0 fully saturated rings. The fourth-order valence-electron chi connectivity index (χ4n) is 1.63. The van der Waals surface area contributed by atoms with Crippen LogP contribution in [-0.4, -0.2) is 14.1 Å². The van der Waals surface area contributed by atoms with E-state index in [-0.39, 0.29) is 21.5 Å². The molecule has 0 aliphatic carbocycles. The van der Waals surface area contributed by atoms with E-state index in [1.807, 2.05) is 0 Å². The van der Waals surface area contributed by atoms with Crippen molar-refractivity contribution < 1.29 is 9.13 Å². The second-order valence-corrected chi connectivity index (χ2v) is 5.72. The maximum Gasteiger partial charge on any atom is 0.275 e. The minimum Gasteiger partial charge on any atom is -0.396 e. The summed E-state index contributed by atoms with van der Waals surface area (Å²) in [5, 5.41) is 11.4. The molecular formula is C12H10ClN3O3S. The molecule has 6 nitrogen and oxygen atoms in total. The molecule has 0 amide bonds. The number of nitrogen functional groups attached to an aromatic ring is 1. The molecule has 1 aromatic heterocycles. The zero-order valence-electron chi connectivity index (χ0n) is 10.2. The summed E-state index contributed by atoms with van der Waals surface area (Å²) in [6, 6.07) is 7.44. The number of halogens is 1. The Bertz CT molecular complexity index is 693. The van der Waals surface area contributed by atoms with Crippen molar-refractivity contribution >= 4 is 33.8 Å². The Hall–Kier alpha value is -1.99. The van der Waals surface area contributed by atoms with Crippen LogP contribution in [0.15, 0.2) is 41.6 Å². The maximum atomic E-state index is 12.2. The Labute approximate surface area is 122 Å². The highest BCUT2D eigenvalue weighted by atomic mass is 35.5. The number of nitro benzene ring substituents is 1. The summed E-state index contributed by atoms with van der Waals surface area (Å²) in [4.78, 5) is 14.4. The lowest BCUT2D eigenvalue weighted by Gasteiger charge is -2.05. The van der Waals surface area contributed by atoms with Crippen LogP contribution < -0.4 is 5.73 Å². The fraction of sp³-hybridized carbons (Fsp3) is 0.0833. The van der Waals surface area contributed by atoms with Gasteiger partial charge in [-0.15, -0.1) is 0 Å². The molecule has 2 N–H and O–H groups in total. The first-order valence-electron chi connectivity index (χ1n) is 5.50. The van der Waals surface area contributed by atoms with Crippen molar-refractivity contribution in [3.8, 4) is 0 Å². The Kier molecular flexibility index (Phi) is 4.31. The number of rotatable bonds is 4. The molecular weight excluding hydrogens is 302 g/mol. The minimum atomic E-state index is -1.56. The fourth-order valence-corrected chi connectivity index (χ4v) is 2.97. The molecule has 0 spiro atoms. The van der Waals surface area contributed by atoms with Crippen LogP contribution in [0.25, 0.3) is 0 Å². The number of nitrogens with two attached hydrogens (primary N) is 1. The van der Waals surface area contributed by atoms with E-state index in [4.69, 9.17) is 17.3 Å². The van der Waals surface area contributed by atoms with Crippen molar-refractivity contribution in [2.75, 3.05) is 5.73 Å². The lowest BCUT2D eigenvalue weighted by molar-refractivity contribution is -0.385. The lowest BCUT2D eigenvalue weighted by Crippen LogP contribution is -2.05. The molecule has 2 rings (SSSR count). The molecule has 2 aromatic rings. The molecule has 0 aliphatic rings. The molecule has 0 aliphatic heterocycles. The smallest absolute Gasteiger partial charge is 0.275 e. The summed E-state index contributed by atoms with van der Waals surface area (Å²) in [5.74, 6) is -0.0469. The number of aromatic nitrogens is 1. The molecule has 0 radical (unpaired) electrons. The van der Waals surface area contributed by atoms with Gasteiger partial charge in [-0.1, -0.05) is 11.6 Å². The van der Waals surface area contributed by atoms with Gasteiger partial charge < -0.3 is 5.73 Å². The number of nitro groups is 1. The second kappa shape index (κ2) is 5.98. The van der Waals surface area contributed by atoms with E-state index in [9.17, 15) is 14.3 Å². The Morgan fingerprint density at radius 2 is 2.15 bits per heavy atom. The van der Waals surface area contributed by atoms with Crippen molar-refractivity contribution in [3.63, 3.8) is 0 Å². The maximum absolute atomic E-state index is 12.2. The number of hydrogen-bond donors (Lipinski definition) is 1. The molecule has 1 heterocycles. The van der Waals surface area contributed by atoms with E-state index in [2.05, 4.69) is 4.98 Å². The lowest BCUT2D eigenvalue weighted by atomic mass is 10.2. The zero-order chi connectivity index (χ0) is 14.7. The Morgan fingerprint density at radius 3 is 2.80 bits per heavy atom. The number of pyridine rings is 1. The number of hydrogen-bond acceptors (Lipinski definition) is 5. The predicted octanol–water partition coefficient (Wildman–Crippen LogP) is 2.53. The molecule has 1 unspecified atom stereocenters. The summed E-state index contributed by atoms with van der Waals surface area (Å²) < 4.78 is 12.2. The van der Waals surface area contributed by atoms with E-state index in [0.717, 1.165) is 0 Å². The molecule has 1 atom stereocenters. The van der Waals surface area contributed by atoms with Gasteiger partial charge >= 0.3 is 0 Å². The Morgan fingerprint density at radius 1 is 1.40 bits per heavy atom. The monoisotopic (exact) mass is 311 g/mol. The van der Waals surface area contributed by atoms with Gasteiger partial charge in [-0.05, 0) is 24.3 Å². The highest BCUT2D eigenvalue weighted by Crippen LogP contribution is 2.26. The molecule has 0 bridgehead atoms. The van der Waals surface area contributed by atoms with Gasteiger partial charge in [-0.3, -0.25) is 14.3 Å². The quantitative estimate of drug-likeness (QED) is 0.691. The van der Waals surface area contributed by atoms with Gasteiger partial charge in [0, 0.05) is 22.8 Å². The second-order valence-electron chi connectivity index (χ2n) is 3.92. The van der Waals surface area contributed by atoms with Crippen LogP contribution in [0, 0.1) is 10.1 Å². The first kappa shape index (κ1) is 14.4. The standard InChI is InChI=1S/C12H10ClN3O3S/c13-9-4-3-8(11(6-9)16(17)18)7-20(19)12-10(14)2-1-5-15-12/h1-6H,7,14H2. The third-order valence-corrected chi connectivity index (χ3v) is 4.13. The summed E-state index contributed by atoms with van der Waals surface area (Å²) in [7, 11) is -1.56. The van der Waals surface area contributed by atoms with Crippen LogP contribution in [0.1, 0.15) is 5.56 Å². The predicted molar refractivity (Wildman–Crippen MR) is 76.9 cm³/mol. The van der Waals surface area contributed by atoms with E-state index < -0.39 is 15.7 Å². The average Bonchev–Trinajstić information content (AvgIpc) is 2.41. The molecule has 1 aromatic carbocycles. The highest BCUT2D eigenvalue weighted by Gasteiger charge is 2.18. The van der Waals surface area contributed by atoms with Crippen LogP contribution >= 0.6 is 11.6 Å².